The van der Waals surface area contributed by atoms with Crippen molar-refractivity contribution in [1.29, 1.82) is 15.8 Å². The zero-order valence-electron chi connectivity index (χ0n) is 44.3. The van der Waals surface area contributed by atoms with Crippen molar-refractivity contribution in [2.45, 2.75) is 139 Å². The molecule has 73 heavy (non-hydrogen) atoms. The van der Waals surface area contributed by atoms with Crippen molar-refractivity contribution in [3.8, 4) is 18.2 Å². The van der Waals surface area contributed by atoms with Gasteiger partial charge in [0.15, 0.2) is 0 Å². The monoisotopic (exact) mass is 1000 g/mol. The Kier molecular flexibility index (Phi) is 17.7. The maximum atomic E-state index is 14.2. The Balaban J connectivity index is 1.36. The molecule has 3 aliphatic heterocycles. The standard InChI is InChI=1S/C55H73N9O9/c1-34(65)59-47-38(22-53(4,5)25-44(47)62-16-10-11-17-62)41(28-56)50(68)71-31-37(32-72-51(69)42(29-57)39-23-54(6,7)26-45(48(39)60-35(2)66)63-18-12-13-19-63)33-73-52(70)43(30-58)40-24-55(8,9)27-46(49(40)61-36(3)67)64-20-14-15-21-64/h37H,10-27,31-33H2,1-9H3,(H,59,65)(H,60,66)(H,61,67)/b41-38+,42-39+,43-40+. The number of carbonyl (C=O) groups excluding carboxylic acids is 6. The predicted molar refractivity (Wildman–Crippen MR) is 268 cm³/mol. The fraction of sp³-hybridized carbons (Fsp3) is 0.618. The quantitative estimate of drug-likeness (QED) is 0.0687. The first kappa shape index (κ1) is 55.4. The Morgan fingerprint density at radius 2 is 0.685 bits per heavy atom. The molecule has 0 aromatic carbocycles. The molecule has 6 rings (SSSR count). The lowest BCUT2D eigenvalue weighted by Crippen LogP contribution is -2.37. The first-order valence-corrected chi connectivity index (χ1v) is 25.7. The van der Waals surface area contributed by atoms with Crippen LogP contribution in [-0.4, -0.2) is 109 Å². The summed E-state index contributed by atoms with van der Waals surface area (Å²) in [5.41, 5.74) is 2.45. The van der Waals surface area contributed by atoms with Crippen LogP contribution in [0.2, 0.25) is 0 Å². The molecule has 3 fully saturated rings. The van der Waals surface area contributed by atoms with E-state index in [0.29, 0.717) is 53.1 Å². The maximum Gasteiger partial charge on any atom is 0.349 e. The first-order valence-electron chi connectivity index (χ1n) is 25.7. The third-order valence-corrected chi connectivity index (χ3v) is 14.2. The number of hydrogen-bond donors (Lipinski definition) is 3. The fourth-order valence-electron chi connectivity index (χ4n) is 11.1. The van der Waals surface area contributed by atoms with Crippen molar-refractivity contribution in [3.05, 3.63) is 67.6 Å². The molecular weight excluding hydrogens is 931 g/mol. The summed E-state index contributed by atoms with van der Waals surface area (Å²) in [6, 6.07) is 6.10. The normalized spacial score (nSPS) is 22.5. The lowest BCUT2D eigenvalue weighted by molar-refractivity contribution is -0.148. The SMILES string of the molecule is CC(=O)NC1=C(N2CCCC2)CC(C)(C)C/C1=C(/C#N)C(=O)OCC(COC(=O)/C(C#N)=C1\CC(C)(C)CC(N2CCCC2)=C1NC(C)=O)COC(=O)/C(C#N)=C1\CC(C)(C)CC(N2CCCC2)=C1NC(C)=O. The zero-order chi connectivity index (χ0) is 53.4. The van der Waals surface area contributed by atoms with Crippen LogP contribution in [0.1, 0.15) is 139 Å². The van der Waals surface area contributed by atoms with Crippen molar-refractivity contribution in [2.75, 3.05) is 59.1 Å². The number of likely N-dealkylation sites (tertiary alicyclic amines) is 3. The van der Waals surface area contributed by atoms with Gasteiger partial charge in [0.2, 0.25) is 17.7 Å². The van der Waals surface area contributed by atoms with Crippen molar-refractivity contribution < 1.29 is 43.0 Å². The largest absolute Gasteiger partial charge is 0.461 e. The third kappa shape index (κ3) is 13.8. The van der Waals surface area contributed by atoms with Crippen LogP contribution in [-0.2, 0) is 43.0 Å². The maximum absolute atomic E-state index is 14.2. The number of nitriles is 3. The van der Waals surface area contributed by atoms with Crippen LogP contribution >= 0.6 is 0 Å². The molecule has 392 valence electrons. The van der Waals surface area contributed by atoms with Crippen LogP contribution in [0.15, 0.2) is 67.6 Å². The summed E-state index contributed by atoms with van der Waals surface area (Å²) >= 11 is 0. The molecule has 0 unspecified atom stereocenters. The van der Waals surface area contributed by atoms with E-state index in [1.165, 1.54) is 20.8 Å². The van der Waals surface area contributed by atoms with Gasteiger partial charge in [0.25, 0.3) is 0 Å². The minimum Gasteiger partial charge on any atom is -0.461 e. The molecule has 18 heteroatoms. The van der Waals surface area contributed by atoms with Crippen LogP contribution in [0.5, 0.6) is 0 Å². The van der Waals surface area contributed by atoms with Crippen molar-refractivity contribution >= 4 is 35.6 Å². The molecule has 0 aromatic rings. The third-order valence-electron chi connectivity index (χ3n) is 14.2. The molecule has 0 atom stereocenters. The lowest BCUT2D eigenvalue weighted by atomic mass is 9.74. The van der Waals surface area contributed by atoms with E-state index in [2.05, 4.69) is 30.7 Å². The van der Waals surface area contributed by atoms with Crippen molar-refractivity contribution in [3.63, 3.8) is 0 Å². The molecule has 3 N–H and O–H groups in total. The highest BCUT2D eigenvalue weighted by atomic mass is 16.6. The molecule has 0 radical (unpaired) electrons. The summed E-state index contributed by atoms with van der Waals surface area (Å²) in [6.45, 7) is 19.1. The van der Waals surface area contributed by atoms with Crippen molar-refractivity contribution in [2.24, 2.45) is 22.2 Å². The Morgan fingerprint density at radius 3 is 0.890 bits per heavy atom. The summed E-state index contributed by atoms with van der Waals surface area (Å²) in [5, 5.41) is 40.6. The number of nitrogens with one attached hydrogen (secondary N) is 3. The molecule has 3 heterocycles. The topological polar surface area (TPSA) is 247 Å². The van der Waals surface area contributed by atoms with Gasteiger partial charge in [0.05, 0.1) is 23.0 Å². The van der Waals surface area contributed by atoms with E-state index in [-0.39, 0.29) is 53.7 Å². The smallest absolute Gasteiger partial charge is 0.349 e. The fourth-order valence-corrected chi connectivity index (χ4v) is 11.1. The Hall–Kier alpha value is -6.87. The van der Waals surface area contributed by atoms with Gasteiger partial charge >= 0.3 is 17.9 Å². The van der Waals surface area contributed by atoms with Crippen molar-refractivity contribution in [1.82, 2.24) is 30.7 Å². The Morgan fingerprint density at radius 1 is 0.452 bits per heavy atom. The summed E-state index contributed by atoms with van der Waals surface area (Å²) in [5.74, 6) is -5.28. The van der Waals surface area contributed by atoms with Gasteiger partial charge in [-0.15, -0.1) is 0 Å². The average Bonchev–Trinajstić information content (AvgIpc) is 4.14. The molecule has 6 aliphatic rings. The molecule has 3 aliphatic carbocycles. The second kappa shape index (κ2) is 23.3. The Bertz CT molecular complexity index is 2310. The van der Waals surface area contributed by atoms with E-state index in [0.717, 1.165) is 94.9 Å². The Labute approximate surface area is 430 Å². The van der Waals surface area contributed by atoms with Gasteiger partial charge in [0.1, 0.15) is 54.7 Å². The second-order valence-corrected chi connectivity index (χ2v) is 22.7. The number of ether oxygens (including phenoxy) is 3. The van der Waals surface area contributed by atoms with E-state index in [9.17, 15) is 44.6 Å². The second-order valence-electron chi connectivity index (χ2n) is 22.7. The molecule has 0 spiro atoms. The number of hydrogen-bond acceptors (Lipinski definition) is 15. The van der Waals surface area contributed by atoms with Gasteiger partial charge in [-0.05, 0) is 93.3 Å². The van der Waals surface area contributed by atoms with E-state index in [1.54, 1.807) is 0 Å². The minimum absolute atomic E-state index is 0.268. The summed E-state index contributed by atoms with van der Waals surface area (Å²) < 4.78 is 17.6. The lowest BCUT2D eigenvalue weighted by Gasteiger charge is -2.39. The van der Waals surface area contributed by atoms with Crippen LogP contribution in [0.25, 0.3) is 0 Å². The summed E-state index contributed by atoms with van der Waals surface area (Å²) in [7, 11) is 0. The van der Waals surface area contributed by atoms with Crippen LogP contribution in [0.3, 0.4) is 0 Å². The van der Waals surface area contributed by atoms with Crippen LogP contribution in [0, 0.1) is 56.2 Å². The van der Waals surface area contributed by atoms with Gasteiger partial charge < -0.3 is 44.9 Å². The number of allylic oxidation sites excluding steroid dienone is 6. The number of rotatable bonds is 15. The van der Waals surface area contributed by atoms with E-state index in [1.807, 2.05) is 59.8 Å². The zero-order valence-corrected chi connectivity index (χ0v) is 44.3. The van der Waals surface area contributed by atoms with Gasteiger partial charge in [-0.25, -0.2) is 14.4 Å². The highest BCUT2D eigenvalue weighted by Crippen LogP contribution is 2.47. The first-order chi connectivity index (χ1) is 34.5. The molecule has 3 amide bonds. The molecule has 18 nitrogen and oxygen atoms in total. The highest BCUT2D eigenvalue weighted by Gasteiger charge is 2.41. The number of amides is 3. The van der Waals surface area contributed by atoms with Crippen LogP contribution in [0.4, 0.5) is 0 Å². The average molecular weight is 1000 g/mol. The van der Waals surface area contributed by atoms with Crippen LogP contribution < -0.4 is 16.0 Å². The van der Waals surface area contributed by atoms with E-state index < -0.39 is 59.9 Å². The summed E-state index contributed by atoms with van der Waals surface area (Å²) in [4.78, 5) is 87.2. The van der Waals surface area contributed by atoms with Gasteiger partial charge in [-0.3, -0.25) is 14.4 Å². The highest BCUT2D eigenvalue weighted by molar-refractivity contribution is 5.97. The molecular formula is C55H73N9O9. The minimum atomic E-state index is -1.10. The van der Waals surface area contributed by atoms with Gasteiger partial charge in [0, 0.05) is 93.9 Å². The number of carbonyl (C=O) groups is 6. The number of nitrogens with zero attached hydrogens (tertiary/aromatic N) is 6. The van der Waals surface area contributed by atoms with E-state index >= 15 is 0 Å². The van der Waals surface area contributed by atoms with Gasteiger partial charge in [-0.2, -0.15) is 15.8 Å². The molecule has 0 saturated carbocycles. The molecule has 0 aromatic heterocycles. The number of esters is 3. The van der Waals surface area contributed by atoms with Gasteiger partial charge in [-0.1, -0.05) is 41.5 Å². The molecule has 0 bridgehead atoms. The van der Waals surface area contributed by atoms with E-state index in [4.69, 9.17) is 14.2 Å². The predicted octanol–water partition coefficient (Wildman–Crippen LogP) is 6.48. The molecule has 3 saturated heterocycles. The summed E-state index contributed by atoms with van der Waals surface area (Å²) in [6.07, 6.45) is 8.32.